The quantitative estimate of drug-likeness (QED) is 0.194. The van der Waals surface area contributed by atoms with E-state index in [1.807, 2.05) is 12.1 Å². The number of fused-ring (bicyclic) bond motifs is 10. The summed E-state index contributed by atoms with van der Waals surface area (Å²) in [5.41, 5.74) is 8.98. The highest BCUT2D eigenvalue weighted by atomic mass is 16.3. The van der Waals surface area contributed by atoms with Gasteiger partial charge < -0.3 is 8.98 Å². The van der Waals surface area contributed by atoms with E-state index in [9.17, 15) is 0 Å². The van der Waals surface area contributed by atoms with Gasteiger partial charge in [-0.2, -0.15) is 0 Å². The Morgan fingerprint density at radius 2 is 1.16 bits per heavy atom. The van der Waals surface area contributed by atoms with Gasteiger partial charge in [-0.3, -0.25) is 0 Å². The fraction of sp³-hybridized carbons (Fsp3) is 0. The van der Waals surface area contributed by atoms with Gasteiger partial charge in [0.1, 0.15) is 11.2 Å². The molecule has 0 aliphatic carbocycles. The normalized spacial score (nSPS) is 12.0. The van der Waals surface area contributed by atoms with Crippen molar-refractivity contribution in [3.8, 4) is 28.3 Å². The zero-order valence-corrected chi connectivity index (χ0v) is 26.8. The van der Waals surface area contributed by atoms with E-state index in [1.54, 1.807) is 0 Å². The summed E-state index contributed by atoms with van der Waals surface area (Å²) in [7, 11) is 0. The molecular formula is C46H27N3O. The lowest BCUT2D eigenvalue weighted by atomic mass is 9.98. The van der Waals surface area contributed by atoms with Crippen LogP contribution in [0.4, 0.5) is 0 Å². The van der Waals surface area contributed by atoms with Gasteiger partial charge in [-0.1, -0.05) is 121 Å². The molecule has 3 heterocycles. The summed E-state index contributed by atoms with van der Waals surface area (Å²) in [5.74, 6) is 0.691. The van der Waals surface area contributed by atoms with Gasteiger partial charge in [0.05, 0.1) is 33.3 Å². The molecule has 0 N–H and O–H groups in total. The lowest BCUT2D eigenvalue weighted by molar-refractivity contribution is 0.672. The first-order chi connectivity index (χ1) is 24.8. The molecule has 0 bridgehead atoms. The molecule has 3 aromatic heterocycles. The molecule has 4 heteroatoms. The molecule has 0 saturated carbocycles. The summed E-state index contributed by atoms with van der Waals surface area (Å²) in [4.78, 5) is 10.5. The maximum atomic E-state index is 6.80. The van der Waals surface area contributed by atoms with Gasteiger partial charge in [-0.15, -0.1) is 0 Å². The Kier molecular flexibility index (Phi) is 5.63. The maximum Gasteiger partial charge on any atom is 0.161 e. The molecule has 0 aliphatic rings. The molecule has 4 nitrogen and oxygen atoms in total. The van der Waals surface area contributed by atoms with Crippen LogP contribution in [-0.2, 0) is 0 Å². The molecule has 0 radical (unpaired) electrons. The molecular weight excluding hydrogens is 611 g/mol. The predicted molar refractivity (Wildman–Crippen MR) is 207 cm³/mol. The lowest BCUT2D eigenvalue weighted by Crippen LogP contribution is -1.96. The first-order valence-corrected chi connectivity index (χ1v) is 16.9. The number of furan rings is 1. The van der Waals surface area contributed by atoms with E-state index in [-0.39, 0.29) is 0 Å². The average molecular weight is 638 g/mol. The van der Waals surface area contributed by atoms with Crippen LogP contribution in [0.15, 0.2) is 168 Å². The number of rotatable bonds is 3. The molecule has 11 aromatic rings. The summed E-state index contributed by atoms with van der Waals surface area (Å²) in [6, 6.07) is 57.7. The molecule has 232 valence electrons. The van der Waals surface area contributed by atoms with Gasteiger partial charge in [0.25, 0.3) is 0 Å². The minimum Gasteiger partial charge on any atom is -0.455 e. The standard InChI is InChI=1S/C46H27N3O/c1-2-13-28(14-3-1)44-34-20-8-10-21-38(34)47-46(48-44)36-27-37-43-40(23-12-24-42(43)50-45(37)33-19-7-6-17-31(33)36)49-39-22-11-9-18-32(39)35-25-29-15-4-5-16-30(29)26-41(35)49/h1-27H. The van der Waals surface area contributed by atoms with Crippen molar-refractivity contribution < 1.29 is 4.42 Å². The number of aromatic nitrogens is 3. The first-order valence-electron chi connectivity index (χ1n) is 16.9. The second-order valence-electron chi connectivity index (χ2n) is 12.9. The summed E-state index contributed by atoms with van der Waals surface area (Å²) < 4.78 is 9.20. The molecule has 0 unspecified atom stereocenters. The molecule has 0 amide bonds. The summed E-state index contributed by atoms with van der Waals surface area (Å²) in [6.45, 7) is 0. The first kappa shape index (κ1) is 27.2. The lowest BCUT2D eigenvalue weighted by Gasteiger charge is -2.12. The van der Waals surface area contributed by atoms with Crippen molar-refractivity contribution in [2.75, 3.05) is 0 Å². The zero-order valence-electron chi connectivity index (χ0n) is 26.8. The number of para-hydroxylation sites is 2. The highest BCUT2D eigenvalue weighted by Gasteiger charge is 2.22. The SMILES string of the molecule is c1ccc(-c2nc(-c3cc4c(oc5cccc(-n6c7ccccc7c7cc8ccccc8cc76)c54)c4ccccc34)nc3ccccc23)cc1. The molecule has 8 aromatic carbocycles. The van der Waals surface area contributed by atoms with Gasteiger partial charge in [-0.25, -0.2) is 9.97 Å². The van der Waals surface area contributed by atoms with Crippen LogP contribution in [0.2, 0.25) is 0 Å². The van der Waals surface area contributed by atoms with E-state index < -0.39 is 0 Å². The monoisotopic (exact) mass is 637 g/mol. The molecule has 0 atom stereocenters. The van der Waals surface area contributed by atoms with Crippen molar-refractivity contribution in [2.24, 2.45) is 0 Å². The van der Waals surface area contributed by atoms with Crippen molar-refractivity contribution in [1.82, 2.24) is 14.5 Å². The Morgan fingerprint density at radius 3 is 2.02 bits per heavy atom. The third-order valence-corrected chi connectivity index (χ3v) is 10.2. The minimum absolute atomic E-state index is 0.691. The van der Waals surface area contributed by atoms with Gasteiger partial charge >= 0.3 is 0 Å². The third-order valence-electron chi connectivity index (χ3n) is 10.2. The number of hydrogen-bond acceptors (Lipinski definition) is 3. The van der Waals surface area contributed by atoms with Gasteiger partial charge in [0, 0.05) is 38.1 Å². The van der Waals surface area contributed by atoms with Crippen molar-refractivity contribution in [1.29, 1.82) is 0 Å². The summed E-state index contributed by atoms with van der Waals surface area (Å²) in [6.07, 6.45) is 0. The highest BCUT2D eigenvalue weighted by molar-refractivity contribution is 6.22. The van der Waals surface area contributed by atoms with Gasteiger partial charge in [-0.05, 0) is 58.6 Å². The fourth-order valence-electron chi connectivity index (χ4n) is 7.93. The van der Waals surface area contributed by atoms with Crippen LogP contribution in [0.3, 0.4) is 0 Å². The minimum atomic E-state index is 0.691. The zero-order chi connectivity index (χ0) is 32.8. The Morgan fingerprint density at radius 1 is 0.460 bits per heavy atom. The molecule has 0 spiro atoms. The molecule has 0 aliphatic heterocycles. The number of hydrogen-bond donors (Lipinski definition) is 0. The number of nitrogens with zero attached hydrogens (tertiary/aromatic N) is 3. The van der Waals surface area contributed by atoms with Crippen LogP contribution in [0.5, 0.6) is 0 Å². The van der Waals surface area contributed by atoms with Crippen molar-refractivity contribution in [3.05, 3.63) is 164 Å². The van der Waals surface area contributed by atoms with E-state index >= 15 is 0 Å². The smallest absolute Gasteiger partial charge is 0.161 e. The van der Waals surface area contributed by atoms with E-state index in [1.165, 1.54) is 21.5 Å². The van der Waals surface area contributed by atoms with Gasteiger partial charge in [0.15, 0.2) is 5.82 Å². The molecule has 0 saturated heterocycles. The predicted octanol–water partition coefficient (Wildman–Crippen LogP) is 12.3. The van der Waals surface area contributed by atoms with Gasteiger partial charge in [0.2, 0.25) is 0 Å². The van der Waals surface area contributed by atoms with Crippen molar-refractivity contribution in [2.45, 2.75) is 0 Å². The largest absolute Gasteiger partial charge is 0.455 e. The van der Waals surface area contributed by atoms with E-state index in [0.29, 0.717) is 5.82 Å². The Labute approximate surface area is 286 Å². The Bertz CT molecular complexity index is 3150. The van der Waals surface area contributed by atoms with Crippen LogP contribution >= 0.6 is 0 Å². The number of benzene rings is 8. The fourth-order valence-corrected chi connectivity index (χ4v) is 7.93. The maximum absolute atomic E-state index is 6.80. The van der Waals surface area contributed by atoms with Crippen LogP contribution in [0, 0.1) is 0 Å². The van der Waals surface area contributed by atoms with E-state index in [4.69, 9.17) is 14.4 Å². The van der Waals surface area contributed by atoms with Crippen molar-refractivity contribution in [3.63, 3.8) is 0 Å². The molecule has 11 rings (SSSR count). The Hall–Kier alpha value is -6.78. The second kappa shape index (κ2) is 10.4. The molecule has 50 heavy (non-hydrogen) atoms. The highest BCUT2D eigenvalue weighted by Crippen LogP contribution is 2.44. The topological polar surface area (TPSA) is 43.9 Å². The summed E-state index contributed by atoms with van der Waals surface area (Å²) in [5, 5.41) is 10.1. The molecule has 0 fully saturated rings. The van der Waals surface area contributed by atoms with E-state index in [0.717, 1.165) is 77.2 Å². The van der Waals surface area contributed by atoms with Crippen LogP contribution in [-0.4, -0.2) is 14.5 Å². The van der Waals surface area contributed by atoms with E-state index in [2.05, 4.69) is 156 Å². The summed E-state index contributed by atoms with van der Waals surface area (Å²) >= 11 is 0. The Balaban J connectivity index is 1.26. The third kappa shape index (κ3) is 3.87. The van der Waals surface area contributed by atoms with Crippen molar-refractivity contribution >= 4 is 76.2 Å². The van der Waals surface area contributed by atoms with Crippen LogP contribution in [0.1, 0.15) is 0 Å². The average Bonchev–Trinajstić information content (AvgIpc) is 3.72. The van der Waals surface area contributed by atoms with Crippen LogP contribution < -0.4 is 0 Å². The second-order valence-corrected chi connectivity index (χ2v) is 12.9. The van der Waals surface area contributed by atoms with Crippen LogP contribution in [0.25, 0.3) is 105 Å².